The van der Waals surface area contributed by atoms with E-state index in [1.54, 1.807) is 0 Å². The van der Waals surface area contributed by atoms with Crippen LogP contribution in [0.15, 0.2) is 42.5 Å². The van der Waals surface area contributed by atoms with Crippen molar-refractivity contribution in [1.29, 1.82) is 0 Å². The average molecular weight is 239 g/mol. The molecule has 0 amide bonds. The zero-order valence-electron chi connectivity index (χ0n) is 11.2. The lowest BCUT2D eigenvalue weighted by Crippen LogP contribution is -2.24. The number of benzene rings is 2. The van der Waals surface area contributed by atoms with Gasteiger partial charge < -0.3 is 5.32 Å². The molecular weight excluding hydrogens is 218 g/mol. The van der Waals surface area contributed by atoms with Gasteiger partial charge in [-0.05, 0) is 54.1 Å². The van der Waals surface area contributed by atoms with Crippen molar-refractivity contribution >= 4 is 10.8 Å². The van der Waals surface area contributed by atoms with Crippen molar-refractivity contribution in [2.75, 3.05) is 7.05 Å². The zero-order chi connectivity index (χ0) is 12.5. The molecule has 1 aliphatic rings. The highest BCUT2D eigenvalue weighted by Gasteiger charge is 2.33. The summed E-state index contributed by atoms with van der Waals surface area (Å²) in [5.74, 6) is 1.66. The van der Waals surface area contributed by atoms with Crippen LogP contribution in [0.25, 0.3) is 10.8 Å². The van der Waals surface area contributed by atoms with Crippen molar-refractivity contribution in [2.45, 2.75) is 25.8 Å². The van der Waals surface area contributed by atoms with Gasteiger partial charge >= 0.3 is 0 Å². The molecule has 18 heavy (non-hydrogen) atoms. The topological polar surface area (TPSA) is 12.0 Å². The van der Waals surface area contributed by atoms with Gasteiger partial charge in [0.05, 0.1) is 0 Å². The molecule has 0 aromatic heterocycles. The molecule has 0 aliphatic heterocycles. The van der Waals surface area contributed by atoms with Gasteiger partial charge in [0.2, 0.25) is 0 Å². The first-order valence-corrected chi connectivity index (χ1v) is 6.95. The van der Waals surface area contributed by atoms with Gasteiger partial charge in [0.25, 0.3) is 0 Å². The summed E-state index contributed by atoms with van der Waals surface area (Å²) in [6.07, 6.45) is 2.82. The Bertz CT molecular complexity index is 542. The van der Waals surface area contributed by atoms with E-state index in [1.807, 2.05) is 0 Å². The van der Waals surface area contributed by atoms with Gasteiger partial charge in [0, 0.05) is 6.04 Å². The van der Waals surface area contributed by atoms with Crippen molar-refractivity contribution in [3.63, 3.8) is 0 Å². The van der Waals surface area contributed by atoms with Crippen molar-refractivity contribution < 1.29 is 0 Å². The number of hydrogen-bond acceptors (Lipinski definition) is 1. The summed E-state index contributed by atoms with van der Waals surface area (Å²) in [4.78, 5) is 0. The molecule has 0 saturated heterocycles. The first-order chi connectivity index (χ1) is 8.79. The van der Waals surface area contributed by atoms with Crippen molar-refractivity contribution in [2.24, 2.45) is 11.8 Å². The SMILES string of the molecule is CNC(c1ccc2ccccc2c1)C(C)C1CC1. The molecular formula is C17H21N. The van der Waals surface area contributed by atoms with Gasteiger partial charge in [-0.3, -0.25) is 0 Å². The number of rotatable bonds is 4. The van der Waals surface area contributed by atoms with Crippen molar-refractivity contribution in [3.8, 4) is 0 Å². The Kier molecular flexibility index (Phi) is 3.09. The van der Waals surface area contributed by atoms with E-state index in [-0.39, 0.29) is 0 Å². The molecule has 0 heterocycles. The fourth-order valence-corrected chi connectivity index (χ4v) is 3.03. The highest BCUT2D eigenvalue weighted by molar-refractivity contribution is 5.83. The molecule has 1 nitrogen and oxygen atoms in total. The van der Waals surface area contributed by atoms with Crippen LogP contribution in [0.2, 0.25) is 0 Å². The quantitative estimate of drug-likeness (QED) is 0.845. The van der Waals surface area contributed by atoms with Gasteiger partial charge in [-0.25, -0.2) is 0 Å². The summed E-state index contributed by atoms with van der Waals surface area (Å²) in [7, 11) is 2.08. The van der Waals surface area contributed by atoms with Crippen molar-refractivity contribution in [3.05, 3.63) is 48.0 Å². The maximum absolute atomic E-state index is 3.50. The maximum atomic E-state index is 3.50. The molecule has 2 unspecified atom stereocenters. The molecule has 1 heteroatoms. The molecule has 1 saturated carbocycles. The van der Waals surface area contributed by atoms with Crippen LogP contribution in [0, 0.1) is 11.8 Å². The average Bonchev–Trinajstić information content (AvgIpc) is 3.23. The van der Waals surface area contributed by atoms with Gasteiger partial charge in [0.15, 0.2) is 0 Å². The van der Waals surface area contributed by atoms with E-state index in [9.17, 15) is 0 Å². The van der Waals surface area contributed by atoms with E-state index in [4.69, 9.17) is 0 Å². The molecule has 1 fully saturated rings. The molecule has 2 atom stereocenters. The summed E-state index contributed by atoms with van der Waals surface area (Å²) >= 11 is 0. The van der Waals surface area contributed by atoms with Gasteiger partial charge in [0.1, 0.15) is 0 Å². The van der Waals surface area contributed by atoms with E-state index in [1.165, 1.54) is 29.2 Å². The Morgan fingerprint density at radius 2 is 1.78 bits per heavy atom. The third-order valence-electron chi connectivity index (χ3n) is 4.34. The molecule has 2 aromatic rings. The summed E-state index contributed by atoms with van der Waals surface area (Å²) < 4.78 is 0. The van der Waals surface area contributed by atoms with Crippen LogP contribution < -0.4 is 5.32 Å². The zero-order valence-corrected chi connectivity index (χ0v) is 11.2. The first-order valence-electron chi connectivity index (χ1n) is 6.95. The lowest BCUT2D eigenvalue weighted by atomic mass is 9.89. The highest BCUT2D eigenvalue weighted by Crippen LogP contribution is 2.42. The monoisotopic (exact) mass is 239 g/mol. The fourth-order valence-electron chi connectivity index (χ4n) is 3.03. The van der Waals surface area contributed by atoms with Gasteiger partial charge in [-0.1, -0.05) is 43.3 Å². The minimum atomic E-state index is 0.488. The number of nitrogens with one attached hydrogen (secondary N) is 1. The second-order valence-electron chi connectivity index (χ2n) is 5.57. The van der Waals surface area contributed by atoms with Crippen LogP contribution in [-0.2, 0) is 0 Å². The second kappa shape index (κ2) is 4.74. The summed E-state index contributed by atoms with van der Waals surface area (Å²) in [6, 6.07) is 16.0. The second-order valence-corrected chi connectivity index (χ2v) is 5.57. The predicted octanol–water partition coefficient (Wildman–Crippen LogP) is 4.15. The Morgan fingerprint density at radius 1 is 1.06 bits per heavy atom. The molecule has 94 valence electrons. The number of hydrogen-bond donors (Lipinski definition) is 1. The van der Waals surface area contributed by atoms with Crippen LogP contribution in [0.4, 0.5) is 0 Å². The molecule has 0 radical (unpaired) electrons. The molecule has 0 bridgehead atoms. The van der Waals surface area contributed by atoms with E-state index < -0.39 is 0 Å². The third-order valence-corrected chi connectivity index (χ3v) is 4.34. The van der Waals surface area contributed by atoms with E-state index >= 15 is 0 Å². The Labute approximate surface area is 109 Å². The van der Waals surface area contributed by atoms with Crippen LogP contribution in [0.5, 0.6) is 0 Å². The minimum absolute atomic E-state index is 0.488. The third kappa shape index (κ3) is 2.15. The van der Waals surface area contributed by atoms with Gasteiger partial charge in [-0.2, -0.15) is 0 Å². The van der Waals surface area contributed by atoms with E-state index in [2.05, 4.69) is 61.8 Å². The van der Waals surface area contributed by atoms with Crippen LogP contribution >= 0.6 is 0 Å². The number of fused-ring (bicyclic) bond motifs is 1. The Morgan fingerprint density at radius 3 is 2.44 bits per heavy atom. The highest BCUT2D eigenvalue weighted by atomic mass is 14.9. The minimum Gasteiger partial charge on any atom is -0.313 e. The molecule has 2 aromatic carbocycles. The smallest absolute Gasteiger partial charge is 0.0346 e. The van der Waals surface area contributed by atoms with Crippen LogP contribution in [-0.4, -0.2) is 7.05 Å². The molecule has 1 aliphatic carbocycles. The maximum Gasteiger partial charge on any atom is 0.0346 e. The standard InChI is InChI=1S/C17H21N/c1-12(13-7-8-13)17(18-2)16-10-9-14-5-3-4-6-15(14)11-16/h3-6,9-13,17-18H,7-8H2,1-2H3. The summed E-state index contributed by atoms with van der Waals surface area (Å²) in [5, 5.41) is 6.18. The lowest BCUT2D eigenvalue weighted by Gasteiger charge is -2.24. The Balaban J connectivity index is 1.95. The van der Waals surface area contributed by atoms with Crippen LogP contribution in [0.1, 0.15) is 31.4 Å². The first kappa shape index (κ1) is 11.7. The molecule has 0 spiro atoms. The molecule has 3 rings (SSSR count). The predicted molar refractivity (Wildman–Crippen MR) is 77.6 cm³/mol. The summed E-state index contributed by atoms with van der Waals surface area (Å²) in [5.41, 5.74) is 1.43. The summed E-state index contributed by atoms with van der Waals surface area (Å²) in [6.45, 7) is 2.38. The van der Waals surface area contributed by atoms with Crippen molar-refractivity contribution in [1.82, 2.24) is 5.32 Å². The van der Waals surface area contributed by atoms with Gasteiger partial charge in [-0.15, -0.1) is 0 Å². The Hall–Kier alpha value is -1.34. The van der Waals surface area contributed by atoms with Crippen LogP contribution in [0.3, 0.4) is 0 Å². The van der Waals surface area contributed by atoms with E-state index in [0.29, 0.717) is 6.04 Å². The molecule has 1 N–H and O–H groups in total. The fraction of sp³-hybridized carbons (Fsp3) is 0.412. The largest absolute Gasteiger partial charge is 0.313 e. The lowest BCUT2D eigenvalue weighted by molar-refractivity contribution is 0.369. The van der Waals surface area contributed by atoms with E-state index in [0.717, 1.165) is 11.8 Å². The normalized spacial score (nSPS) is 18.8.